The predicted octanol–water partition coefficient (Wildman–Crippen LogP) is 0.701. The van der Waals surface area contributed by atoms with E-state index in [1.54, 1.807) is 25.7 Å². The Morgan fingerprint density at radius 3 is 2.22 bits per heavy atom. The molecule has 18 heavy (non-hydrogen) atoms. The Kier molecular flexibility index (Phi) is 4.32. The van der Waals surface area contributed by atoms with Crippen LogP contribution in [0.5, 0.6) is 0 Å². The van der Waals surface area contributed by atoms with Crippen LogP contribution in [0.15, 0.2) is 0 Å². The minimum absolute atomic E-state index is 0.381. The molecule has 1 aliphatic heterocycles. The number of hydrogen-bond donors (Lipinski definition) is 1. The molecule has 1 heterocycles. The van der Waals surface area contributed by atoms with Crippen LogP contribution in [0.4, 0.5) is 4.79 Å². The summed E-state index contributed by atoms with van der Waals surface area (Å²) in [7, 11) is 0. The fraction of sp³-hybridized carbons (Fsp3) is 0.750. The van der Waals surface area contributed by atoms with Gasteiger partial charge in [-0.05, 0) is 33.6 Å². The van der Waals surface area contributed by atoms with Crippen LogP contribution < -0.4 is 5.32 Å². The van der Waals surface area contributed by atoms with Crippen molar-refractivity contribution < 1.29 is 19.1 Å². The van der Waals surface area contributed by atoms with Crippen molar-refractivity contribution >= 4 is 18.8 Å². The van der Waals surface area contributed by atoms with Crippen molar-refractivity contribution in [1.29, 1.82) is 0 Å². The Labute approximate surface area is 107 Å². The van der Waals surface area contributed by atoms with Gasteiger partial charge < -0.3 is 19.7 Å². The maximum absolute atomic E-state index is 11.8. The lowest BCUT2D eigenvalue weighted by Crippen LogP contribution is -2.55. The van der Waals surface area contributed by atoms with Gasteiger partial charge in [-0.15, -0.1) is 0 Å². The summed E-state index contributed by atoms with van der Waals surface area (Å²) in [6.07, 6.45) is 1.71. The Morgan fingerprint density at radius 1 is 1.28 bits per heavy atom. The van der Waals surface area contributed by atoms with Crippen LogP contribution in [0, 0.1) is 0 Å². The van der Waals surface area contributed by atoms with Gasteiger partial charge in [0.05, 0.1) is 5.54 Å². The third kappa shape index (κ3) is 3.72. The summed E-state index contributed by atoms with van der Waals surface area (Å²) in [6, 6.07) is 0. The number of aldehydes is 1. The molecular weight excluding hydrogens is 236 g/mol. The minimum atomic E-state index is -0.833. The van der Waals surface area contributed by atoms with Crippen LogP contribution in [-0.4, -0.2) is 47.9 Å². The van der Waals surface area contributed by atoms with Crippen molar-refractivity contribution in [2.24, 2.45) is 0 Å². The molecule has 0 saturated carbocycles. The highest BCUT2D eigenvalue weighted by Gasteiger charge is 2.36. The number of rotatable bonds is 3. The number of hydrogen-bond acceptors (Lipinski definition) is 4. The smallest absolute Gasteiger partial charge is 0.410 e. The minimum Gasteiger partial charge on any atom is -0.444 e. The van der Waals surface area contributed by atoms with Gasteiger partial charge in [-0.2, -0.15) is 0 Å². The van der Waals surface area contributed by atoms with E-state index in [9.17, 15) is 14.4 Å². The van der Waals surface area contributed by atoms with E-state index in [4.69, 9.17) is 4.74 Å². The first kappa shape index (κ1) is 14.5. The molecule has 1 rings (SSSR count). The van der Waals surface area contributed by atoms with Gasteiger partial charge in [0.15, 0.2) is 0 Å². The summed E-state index contributed by atoms with van der Waals surface area (Å²) in [5.74, 6) is 0. The summed E-state index contributed by atoms with van der Waals surface area (Å²) < 4.78 is 5.25. The largest absolute Gasteiger partial charge is 0.444 e. The molecule has 0 bridgehead atoms. The van der Waals surface area contributed by atoms with Gasteiger partial charge in [-0.1, -0.05) is 0 Å². The maximum atomic E-state index is 11.8. The summed E-state index contributed by atoms with van der Waals surface area (Å²) in [4.78, 5) is 34.8. The van der Waals surface area contributed by atoms with Gasteiger partial charge in [0.2, 0.25) is 6.41 Å². The quantitative estimate of drug-likeness (QED) is 0.754. The zero-order valence-corrected chi connectivity index (χ0v) is 11.1. The first-order valence-electron chi connectivity index (χ1n) is 5.97. The first-order valence-corrected chi connectivity index (χ1v) is 5.97. The number of amides is 2. The third-order valence-corrected chi connectivity index (χ3v) is 2.88. The number of likely N-dealkylation sites (tertiary alicyclic amines) is 1. The second kappa shape index (κ2) is 5.37. The Hall–Kier alpha value is -1.59. The standard InChI is InChI=1S/C12H20N2O4/c1-11(2,3)18-10(17)14-6-4-12(8-15,5-7-14)13-9-16/h8-9H,4-7H2,1-3H3,(H,13,16). The summed E-state index contributed by atoms with van der Waals surface area (Å²) in [5, 5.41) is 2.53. The van der Waals surface area contributed by atoms with Crippen molar-refractivity contribution in [2.45, 2.75) is 44.8 Å². The molecule has 0 spiro atoms. The van der Waals surface area contributed by atoms with Gasteiger partial charge in [-0.3, -0.25) is 4.79 Å². The number of nitrogens with zero attached hydrogens (tertiary/aromatic N) is 1. The molecule has 0 atom stereocenters. The number of carbonyl (C=O) groups is 3. The second-order valence-electron chi connectivity index (χ2n) is 5.50. The van der Waals surface area contributed by atoms with Crippen LogP contribution >= 0.6 is 0 Å². The maximum Gasteiger partial charge on any atom is 0.410 e. The van der Waals surface area contributed by atoms with E-state index in [0.717, 1.165) is 6.29 Å². The van der Waals surface area contributed by atoms with Gasteiger partial charge in [-0.25, -0.2) is 4.79 Å². The average Bonchev–Trinajstić information content (AvgIpc) is 2.28. The van der Waals surface area contributed by atoms with E-state index in [1.807, 2.05) is 0 Å². The van der Waals surface area contributed by atoms with Crippen LogP contribution in [0.25, 0.3) is 0 Å². The highest BCUT2D eigenvalue weighted by atomic mass is 16.6. The molecule has 0 aliphatic carbocycles. The zero-order chi connectivity index (χ0) is 13.8. The summed E-state index contributed by atoms with van der Waals surface area (Å²) >= 11 is 0. The predicted molar refractivity (Wildman–Crippen MR) is 65.0 cm³/mol. The monoisotopic (exact) mass is 256 g/mol. The van der Waals surface area contributed by atoms with Gasteiger partial charge in [0, 0.05) is 13.1 Å². The van der Waals surface area contributed by atoms with Crippen molar-refractivity contribution in [3.05, 3.63) is 0 Å². The fourth-order valence-corrected chi connectivity index (χ4v) is 1.83. The van der Waals surface area contributed by atoms with Crippen molar-refractivity contribution in [1.82, 2.24) is 10.2 Å². The number of nitrogens with one attached hydrogen (secondary N) is 1. The summed E-state index contributed by atoms with van der Waals surface area (Å²) in [6.45, 7) is 6.21. The van der Waals surface area contributed by atoms with Gasteiger partial charge in [0.1, 0.15) is 11.9 Å². The lowest BCUT2D eigenvalue weighted by atomic mass is 9.89. The molecule has 0 aromatic heterocycles. The molecule has 0 unspecified atom stereocenters. The highest BCUT2D eigenvalue weighted by Crippen LogP contribution is 2.21. The number of ether oxygens (including phenoxy) is 1. The molecule has 0 aromatic rings. The van der Waals surface area contributed by atoms with Crippen LogP contribution in [0.1, 0.15) is 33.6 Å². The van der Waals surface area contributed by atoms with Crippen molar-refractivity contribution in [3.63, 3.8) is 0 Å². The molecule has 1 saturated heterocycles. The SMILES string of the molecule is CC(C)(C)OC(=O)N1CCC(C=O)(NC=O)CC1. The Balaban J connectivity index is 2.55. The lowest BCUT2D eigenvalue weighted by Gasteiger charge is -2.38. The molecule has 6 heteroatoms. The number of piperidine rings is 1. The molecule has 1 N–H and O–H groups in total. The van der Waals surface area contributed by atoms with Crippen LogP contribution in [0.2, 0.25) is 0 Å². The second-order valence-corrected chi connectivity index (χ2v) is 5.50. The fourth-order valence-electron chi connectivity index (χ4n) is 1.83. The molecule has 2 amide bonds. The average molecular weight is 256 g/mol. The van der Waals surface area contributed by atoms with E-state index in [1.165, 1.54) is 0 Å². The van der Waals surface area contributed by atoms with E-state index in [0.29, 0.717) is 32.3 Å². The van der Waals surface area contributed by atoms with Crippen LogP contribution in [0.3, 0.4) is 0 Å². The van der Waals surface area contributed by atoms with Crippen LogP contribution in [-0.2, 0) is 14.3 Å². The van der Waals surface area contributed by atoms with Gasteiger partial charge >= 0.3 is 6.09 Å². The van der Waals surface area contributed by atoms with E-state index >= 15 is 0 Å². The summed E-state index contributed by atoms with van der Waals surface area (Å²) in [5.41, 5.74) is -1.36. The molecule has 6 nitrogen and oxygen atoms in total. The van der Waals surface area contributed by atoms with E-state index in [-0.39, 0.29) is 6.09 Å². The Bertz CT molecular complexity index is 327. The van der Waals surface area contributed by atoms with Crippen molar-refractivity contribution in [2.75, 3.05) is 13.1 Å². The first-order chi connectivity index (χ1) is 8.32. The third-order valence-electron chi connectivity index (χ3n) is 2.88. The van der Waals surface area contributed by atoms with E-state index < -0.39 is 11.1 Å². The van der Waals surface area contributed by atoms with Crippen molar-refractivity contribution in [3.8, 4) is 0 Å². The molecule has 1 fully saturated rings. The normalized spacial score (nSPS) is 18.9. The molecular formula is C12H20N2O4. The zero-order valence-electron chi connectivity index (χ0n) is 11.1. The molecule has 0 radical (unpaired) electrons. The molecule has 102 valence electrons. The molecule has 0 aromatic carbocycles. The molecule has 1 aliphatic rings. The topological polar surface area (TPSA) is 75.7 Å². The number of carbonyl (C=O) groups excluding carboxylic acids is 3. The lowest BCUT2D eigenvalue weighted by molar-refractivity contribution is -0.120. The van der Waals surface area contributed by atoms with Gasteiger partial charge in [0.25, 0.3) is 0 Å². The highest BCUT2D eigenvalue weighted by molar-refractivity contribution is 5.72. The van der Waals surface area contributed by atoms with E-state index in [2.05, 4.69) is 5.32 Å². The Morgan fingerprint density at radius 2 is 1.83 bits per heavy atom.